The molecule has 0 spiro atoms. The van der Waals surface area contributed by atoms with Crippen molar-refractivity contribution in [2.75, 3.05) is 35.2 Å². The number of carbonyl (C=O) groups is 1. The number of carbonyl (C=O) groups excluding carboxylic acids is 1. The standard InChI is InChI=1S/C20H24F3N3O/c1-3-26(4-2)18-11-9-16(10-12-18)24-14-13-19(27)25-17-7-5-15(6-8-17)20(21,22)23/h5-12,24H,3-4,13-14H2,1-2H3,(H,25,27). The van der Waals surface area contributed by atoms with Crippen LogP contribution < -0.4 is 15.5 Å². The fourth-order valence-corrected chi connectivity index (χ4v) is 2.67. The topological polar surface area (TPSA) is 44.4 Å². The van der Waals surface area contributed by atoms with E-state index in [1.165, 1.54) is 12.1 Å². The van der Waals surface area contributed by atoms with Gasteiger partial charge in [-0.2, -0.15) is 13.2 Å². The Bertz CT molecular complexity index is 724. The fraction of sp³-hybridized carbons (Fsp3) is 0.350. The van der Waals surface area contributed by atoms with Crippen LogP contribution in [0.1, 0.15) is 25.8 Å². The van der Waals surface area contributed by atoms with Gasteiger partial charge in [-0.25, -0.2) is 0 Å². The lowest BCUT2D eigenvalue weighted by Crippen LogP contribution is -2.21. The number of anilines is 3. The van der Waals surface area contributed by atoms with E-state index in [0.717, 1.165) is 36.6 Å². The number of hydrogen-bond acceptors (Lipinski definition) is 3. The Balaban J connectivity index is 1.79. The normalized spacial score (nSPS) is 11.1. The predicted molar refractivity (Wildman–Crippen MR) is 103 cm³/mol. The quantitative estimate of drug-likeness (QED) is 0.679. The summed E-state index contributed by atoms with van der Waals surface area (Å²) < 4.78 is 37.6. The van der Waals surface area contributed by atoms with Gasteiger partial charge in [-0.3, -0.25) is 4.79 Å². The molecule has 0 aliphatic rings. The minimum atomic E-state index is -4.38. The summed E-state index contributed by atoms with van der Waals surface area (Å²) in [4.78, 5) is 14.2. The van der Waals surface area contributed by atoms with Crippen LogP contribution in [-0.4, -0.2) is 25.5 Å². The van der Waals surface area contributed by atoms with Gasteiger partial charge in [-0.05, 0) is 62.4 Å². The van der Waals surface area contributed by atoms with Crippen molar-refractivity contribution in [1.82, 2.24) is 0 Å². The zero-order chi connectivity index (χ0) is 19.9. The third kappa shape index (κ3) is 6.20. The maximum Gasteiger partial charge on any atom is 0.416 e. The molecule has 0 radical (unpaired) electrons. The molecular formula is C20H24F3N3O. The van der Waals surface area contributed by atoms with E-state index >= 15 is 0 Å². The number of nitrogens with zero attached hydrogens (tertiary/aromatic N) is 1. The highest BCUT2D eigenvalue weighted by Crippen LogP contribution is 2.29. The summed E-state index contributed by atoms with van der Waals surface area (Å²) in [6, 6.07) is 12.4. The summed E-state index contributed by atoms with van der Waals surface area (Å²) >= 11 is 0. The first-order chi connectivity index (χ1) is 12.8. The van der Waals surface area contributed by atoms with Crippen molar-refractivity contribution in [3.63, 3.8) is 0 Å². The van der Waals surface area contributed by atoms with Crippen LogP contribution in [0.25, 0.3) is 0 Å². The molecule has 0 saturated carbocycles. The van der Waals surface area contributed by atoms with Crippen molar-refractivity contribution in [2.45, 2.75) is 26.4 Å². The lowest BCUT2D eigenvalue weighted by Gasteiger charge is -2.21. The van der Waals surface area contributed by atoms with Gasteiger partial charge in [-0.15, -0.1) is 0 Å². The first-order valence-electron chi connectivity index (χ1n) is 8.89. The lowest BCUT2D eigenvalue weighted by molar-refractivity contribution is -0.137. The Morgan fingerprint density at radius 1 is 0.926 bits per heavy atom. The molecule has 0 unspecified atom stereocenters. The van der Waals surface area contributed by atoms with Crippen LogP contribution in [0, 0.1) is 0 Å². The van der Waals surface area contributed by atoms with Gasteiger partial charge in [0.05, 0.1) is 5.56 Å². The average Bonchev–Trinajstić information content (AvgIpc) is 2.63. The van der Waals surface area contributed by atoms with Gasteiger partial charge in [-0.1, -0.05) is 0 Å². The maximum atomic E-state index is 12.5. The number of rotatable bonds is 8. The van der Waals surface area contributed by atoms with Crippen LogP contribution in [0.3, 0.4) is 0 Å². The molecule has 2 aromatic carbocycles. The van der Waals surface area contributed by atoms with E-state index in [9.17, 15) is 18.0 Å². The third-order valence-electron chi connectivity index (χ3n) is 4.17. The molecule has 0 bridgehead atoms. The molecule has 0 aliphatic carbocycles. The number of hydrogen-bond donors (Lipinski definition) is 2. The van der Waals surface area contributed by atoms with E-state index < -0.39 is 11.7 Å². The summed E-state index contributed by atoms with van der Waals surface area (Å²) in [7, 11) is 0. The SMILES string of the molecule is CCN(CC)c1ccc(NCCC(=O)Nc2ccc(C(F)(F)F)cc2)cc1. The van der Waals surface area contributed by atoms with Gasteiger partial charge < -0.3 is 15.5 Å². The van der Waals surface area contributed by atoms with Gasteiger partial charge in [0.2, 0.25) is 5.91 Å². The second kappa shape index (κ2) is 9.30. The summed E-state index contributed by atoms with van der Waals surface area (Å²) in [6.45, 7) is 6.51. The number of alkyl halides is 3. The second-order valence-corrected chi connectivity index (χ2v) is 6.02. The molecule has 7 heteroatoms. The molecule has 1 amide bonds. The van der Waals surface area contributed by atoms with Gasteiger partial charge in [0.25, 0.3) is 0 Å². The van der Waals surface area contributed by atoms with E-state index in [1.807, 2.05) is 24.3 Å². The number of benzene rings is 2. The zero-order valence-corrected chi connectivity index (χ0v) is 15.4. The highest BCUT2D eigenvalue weighted by molar-refractivity contribution is 5.91. The first kappa shape index (κ1) is 20.6. The van der Waals surface area contributed by atoms with E-state index in [-0.39, 0.29) is 12.3 Å². The highest BCUT2D eigenvalue weighted by atomic mass is 19.4. The Morgan fingerprint density at radius 2 is 1.48 bits per heavy atom. The number of halogens is 3. The molecule has 27 heavy (non-hydrogen) atoms. The van der Waals surface area contributed by atoms with Crippen molar-refractivity contribution in [1.29, 1.82) is 0 Å². The summed E-state index contributed by atoms with van der Waals surface area (Å²) in [5, 5.41) is 5.76. The van der Waals surface area contributed by atoms with Crippen LogP contribution in [0.15, 0.2) is 48.5 Å². The van der Waals surface area contributed by atoms with E-state index in [1.54, 1.807) is 0 Å². The molecule has 2 rings (SSSR count). The maximum absolute atomic E-state index is 12.5. The van der Waals surface area contributed by atoms with Crippen molar-refractivity contribution in [3.8, 4) is 0 Å². The van der Waals surface area contributed by atoms with Crippen molar-refractivity contribution < 1.29 is 18.0 Å². The second-order valence-electron chi connectivity index (χ2n) is 6.02. The summed E-state index contributed by atoms with van der Waals surface area (Å²) in [5.41, 5.74) is 1.66. The van der Waals surface area contributed by atoms with Crippen molar-refractivity contribution >= 4 is 23.0 Å². The molecule has 2 N–H and O–H groups in total. The summed E-state index contributed by atoms with van der Waals surface area (Å²) in [5.74, 6) is -0.262. The van der Waals surface area contributed by atoms with Crippen molar-refractivity contribution in [3.05, 3.63) is 54.1 Å². The fourth-order valence-electron chi connectivity index (χ4n) is 2.67. The van der Waals surface area contributed by atoms with E-state index in [4.69, 9.17) is 0 Å². The van der Waals surface area contributed by atoms with E-state index in [2.05, 4.69) is 29.4 Å². The molecule has 0 heterocycles. The van der Waals surface area contributed by atoms with Crippen LogP contribution in [0.5, 0.6) is 0 Å². The van der Waals surface area contributed by atoms with Crippen LogP contribution >= 0.6 is 0 Å². The third-order valence-corrected chi connectivity index (χ3v) is 4.17. The Hall–Kier alpha value is -2.70. The highest BCUT2D eigenvalue weighted by Gasteiger charge is 2.29. The first-order valence-corrected chi connectivity index (χ1v) is 8.89. The smallest absolute Gasteiger partial charge is 0.385 e. The monoisotopic (exact) mass is 379 g/mol. The predicted octanol–water partition coefficient (Wildman–Crippen LogP) is 4.99. The molecule has 0 atom stereocenters. The van der Waals surface area contributed by atoms with Gasteiger partial charge in [0.1, 0.15) is 0 Å². The molecular weight excluding hydrogens is 355 g/mol. The minimum absolute atomic E-state index is 0.207. The molecule has 0 fully saturated rings. The summed E-state index contributed by atoms with van der Waals surface area (Å²) in [6.07, 6.45) is -4.17. The molecule has 0 aromatic heterocycles. The Kier molecular flexibility index (Phi) is 7.10. The molecule has 146 valence electrons. The Morgan fingerprint density at radius 3 is 2.00 bits per heavy atom. The molecule has 0 aliphatic heterocycles. The van der Waals surface area contributed by atoms with Gasteiger partial charge in [0.15, 0.2) is 0 Å². The Labute approximate surface area is 157 Å². The van der Waals surface area contributed by atoms with Crippen LogP contribution in [0.4, 0.5) is 30.2 Å². The molecule has 4 nitrogen and oxygen atoms in total. The van der Waals surface area contributed by atoms with Gasteiger partial charge in [0, 0.05) is 43.1 Å². The van der Waals surface area contributed by atoms with E-state index in [0.29, 0.717) is 12.2 Å². The van der Waals surface area contributed by atoms with Gasteiger partial charge >= 0.3 is 6.18 Å². The molecule has 0 saturated heterocycles. The lowest BCUT2D eigenvalue weighted by atomic mass is 10.2. The largest absolute Gasteiger partial charge is 0.416 e. The van der Waals surface area contributed by atoms with Crippen molar-refractivity contribution in [2.24, 2.45) is 0 Å². The number of amides is 1. The number of nitrogens with one attached hydrogen (secondary N) is 2. The zero-order valence-electron chi connectivity index (χ0n) is 15.4. The average molecular weight is 379 g/mol. The minimum Gasteiger partial charge on any atom is -0.385 e. The molecule has 2 aromatic rings. The van der Waals surface area contributed by atoms with Crippen LogP contribution in [-0.2, 0) is 11.0 Å². The van der Waals surface area contributed by atoms with Crippen LogP contribution in [0.2, 0.25) is 0 Å².